The Hall–Kier alpha value is -1.27. The fraction of sp³-hybridized carbons (Fsp3) is 0.778. The van der Waals surface area contributed by atoms with E-state index in [0.29, 0.717) is 19.3 Å². The molecule has 4 nitrogen and oxygen atoms in total. The van der Waals surface area contributed by atoms with Gasteiger partial charge in [-0.15, -0.1) is 0 Å². The van der Waals surface area contributed by atoms with E-state index < -0.39 is 36.4 Å². The number of hydrogen-bond donors (Lipinski definition) is 2. The van der Waals surface area contributed by atoms with Gasteiger partial charge in [-0.2, -0.15) is 13.2 Å². The molecule has 0 spiro atoms. The lowest BCUT2D eigenvalue weighted by Crippen LogP contribution is -2.40. The molecule has 1 amide bonds. The van der Waals surface area contributed by atoms with Gasteiger partial charge in [0.15, 0.2) is 0 Å². The third kappa shape index (κ3) is 3.39. The van der Waals surface area contributed by atoms with E-state index in [9.17, 15) is 22.8 Å². The SMILES string of the molecule is O=C(O)C1CCCC1C(=O)NCC(F)(F)F. The van der Waals surface area contributed by atoms with Gasteiger partial charge in [-0.05, 0) is 12.8 Å². The summed E-state index contributed by atoms with van der Waals surface area (Å²) in [5.41, 5.74) is 0. The van der Waals surface area contributed by atoms with E-state index in [0.717, 1.165) is 0 Å². The van der Waals surface area contributed by atoms with Crippen LogP contribution >= 0.6 is 0 Å². The highest BCUT2D eigenvalue weighted by molar-refractivity contribution is 5.85. The lowest BCUT2D eigenvalue weighted by molar-refractivity contribution is -0.148. The first-order valence-electron chi connectivity index (χ1n) is 4.88. The van der Waals surface area contributed by atoms with Gasteiger partial charge in [0.2, 0.25) is 5.91 Å². The minimum absolute atomic E-state index is 0.334. The molecule has 0 saturated heterocycles. The summed E-state index contributed by atoms with van der Waals surface area (Å²) >= 11 is 0. The summed E-state index contributed by atoms with van der Waals surface area (Å²) in [5.74, 6) is -3.63. The molecule has 0 aliphatic heterocycles. The topological polar surface area (TPSA) is 66.4 Å². The lowest BCUT2D eigenvalue weighted by atomic mass is 9.95. The second-order valence-corrected chi connectivity index (χ2v) is 3.82. The van der Waals surface area contributed by atoms with E-state index in [1.807, 2.05) is 0 Å². The monoisotopic (exact) mass is 239 g/mol. The largest absolute Gasteiger partial charge is 0.481 e. The van der Waals surface area contributed by atoms with Crippen LogP contribution in [-0.4, -0.2) is 29.7 Å². The van der Waals surface area contributed by atoms with Crippen molar-refractivity contribution in [1.29, 1.82) is 0 Å². The van der Waals surface area contributed by atoms with Gasteiger partial charge in [0, 0.05) is 0 Å². The fourth-order valence-corrected chi connectivity index (χ4v) is 1.89. The molecule has 0 heterocycles. The van der Waals surface area contributed by atoms with Crippen molar-refractivity contribution in [2.75, 3.05) is 6.54 Å². The van der Waals surface area contributed by atoms with Crippen molar-refractivity contribution in [1.82, 2.24) is 5.32 Å². The molecular weight excluding hydrogens is 227 g/mol. The molecule has 0 aromatic carbocycles. The Balaban J connectivity index is 2.50. The standard InChI is InChI=1S/C9H12F3NO3/c10-9(11,12)4-13-7(14)5-2-1-3-6(5)8(15)16/h5-6H,1-4H2,(H,13,14)(H,15,16). The summed E-state index contributed by atoms with van der Waals surface area (Å²) in [6.07, 6.45) is -3.23. The molecule has 1 aliphatic rings. The Morgan fingerprint density at radius 1 is 1.25 bits per heavy atom. The second-order valence-electron chi connectivity index (χ2n) is 3.82. The van der Waals surface area contributed by atoms with E-state index in [1.165, 1.54) is 0 Å². The molecule has 92 valence electrons. The zero-order valence-electron chi connectivity index (χ0n) is 8.38. The van der Waals surface area contributed by atoms with Gasteiger partial charge in [0.25, 0.3) is 0 Å². The number of halogens is 3. The summed E-state index contributed by atoms with van der Waals surface area (Å²) in [4.78, 5) is 22.0. The summed E-state index contributed by atoms with van der Waals surface area (Å²) in [6.45, 7) is -1.41. The number of amides is 1. The minimum atomic E-state index is -4.47. The number of carboxylic acids is 1. The van der Waals surface area contributed by atoms with Gasteiger partial charge in [0.1, 0.15) is 6.54 Å². The maximum absolute atomic E-state index is 11.8. The molecule has 1 rings (SSSR count). The second kappa shape index (κ2) is 4.71. The van der Waals surface area contributed by atoms with Gasteiger partial charge in [-0.3, -0.25) is 9.59 Å². The van der Waals surface area contributed by atoms with Crippen LogP contribution in [-0.2, 0) is 9.59 Å². The van der Waals surface area contributed by atoms with Crippen LogP contribution in [0.5, 0.6) is 0 Å². The molecule has 2 atom stereocenters. The molecule has 0 bridgehead atoms. The van der Waals surface area contributed by atoms with Crippen molar-refractivity contribution >= 4 is 11.9 Å². The van der Waals surface area contributed by atoms with Crippen molar-refractivity contribution in [3.63, 3.8) is 0 Å². The summed E-state index contributed by atoms with van der Waals surface area (Å²) in [5, 5.41) is 10.5. The summed E-state index contributed by atoms with van der Waals surface area (Å²) in [6, 6.07) is 0. The zero-order chi connectivity index (χ0) is 12.3. The van der Waals surface area contributed by atoms with E-state index in [1.54, 1.807) is 5.32 Å². The Morgan fingerprint density at radius 2 is 1.81 bits per heavy atom. The van der Waals surface area contributed by atoms with E-state index in [4.69, 9.17) is 5.11 Å². The number of alkyl halides is 3. The van der Waals surface area contributed by atoms with Crippen molar-refractivity contribution in [3.8, 4) is 0 Å². The predicted molar refractivity (Wildman–Crippen MR) is 47.5 cm³/mol. The van der Waals surface area contributed by atoms with Gasteiger partial charge in [0.05, 0.1) is 11.8 Å². The maximum Gasteiger partial charge on any atom is 0.405 e. The normalized spacial score (nSPS) is 25.4. The molecule has 1 fully saturated rings. The number of carbonyl (C=O) groups excluding carboxylic acids is 1. The molecule has 0 aromatic rings. The Kier molecular flexibility index (Phi) is 3.77. The summed E-state index contributed by atoms with van der Waals surface area (Å²) in [7, 11) is 0. The van der Waals surface area contributed by atoms with Crippen molar-refractivity contribution < 1.29 is 27.9 Å². The molecule has 2 unspecified atom stereocenters. The van der Waals surface area contributed by atoms with Crippen LogP contribution < -0.4 is 5.32 Å². The molecule has 1 aliphatic carbocycles. The minimum Gasteiger partial charge on any atom is -0.481 e. The average molecular weight is 239 g/mol. The smallest absolute Gasteiger partial charge is 0.405 e. The van der Waals surface area contributed by atoms with Gasteiger partial charge in [-0.25, -0.2) is 0 Å². The van der Waals surface area contributed by atoms with Crippen molar-refractivity contribution in [2.24, 2.45) is 11.8 Å². The van der Waals surface area contributed by atoms with Crippen LogP contribution in [0.25, 0.3) is 0 Å². The van der Waals surface area contributed by atoms with Crippen LogP contribution in [0.1, 0.15) is 19.3 Å². The van der Waals surface area contributed by atoms with Crippen LogP contribution in [0.4, 0.5) is 13.2 Å². The van der Waals surface area contributed by atoms with Crippen LogP contribution in [0, 0.1) is 11.8 Å². The lowest BCUT2D eigenvalue weighted by Gasteiger charge is -2.16. The fourth-order valence-electron chi connectivity index (χ4n) is 1.89. The molecule has 16 heavy (non-hydrogen) atoms. The molecule has 7 heteroatoms. The Bertz CT molecular complexity index is 290. The molecule has 2 N–H and O–H groups in total. The van der Waals surface area contributed by atoms with E-state index in [2.05, 4.69) is 0 Å². The highest BCUT2D eigenvalue weighted by Crippen LogP contribution is 2.32. The van der Waals surface area contributed by atoms with E-state index in [-0.39, 0.29) is 0 Å². The van der Waals surface area contributed by atoms with Gasteiger partial charge < -0.3 is 10.4 Å². The van der Waals surface area contributed by atoms with Crippen molar-refractivity contribution in [3.05, 3.63) is 0 Å². The zero-order valence-corrected chi connectivity index (χ0v) is 8.38. The Labute approximate surface area is 89.8 Å². The number of rotatable bonds is 3. The average Bonchev–Trinajstić information content (AvgIpc) is 2.61. The van der Waals surface area contributed by atoms with E-state index >= 15 is 0 Å². The predicted octanol–water partition coefficient (Wildman–Crippen LogP) is 1.17. The Morgan fingerprint density at radius 3 is 2.31 bits per heavy atom. The van der Waals surface area contributed by atoms with Crippen LogP contribution in [0.2, 0.25) is 0 Å². The number of carbonyl (C=O) groups is 2. The molecular formula is C9H12F3NO3. The third-order valence-corrected chi connectivity index (χ3v) is 2.63. The van der Waals surface area contributed by atoms with Crippen LogP contribution in [0.3, 0.4) is 0 Å². The third-order valence-electron chi connectivity index (χ3n) is 2.63. The molecule has 0 aromatic heterocycles. The first kappa shape index (κ1) is 12.8. The number of carboxylic acid groups (broad SMARTS) is 1. The molecule has 1 saturated carbocycles. The highest BCUT2D eigenvalue weighted by Gasteiger charge is 2.39. The van der Waals surface area contributed by atoms with Gasteiger partial charge in [-0.1, -0.05) is 6.42 Å². The maximum atomic E-state index is 11.8. The summed E-state index contributed by atoms with van der Waals surface area (Å²) < 4.78 is 35.5. The quantitative estimate of drug-likeness (QED) is 0.776. The first-order valence-corrected chi connectivity index (χ1v) is 4.88. The number of hydrogen-bond acceptors (Lipinski definition) is 2. The number of nitrogens with one attached hydrogen (secondary N) is 1. The molecule has 0 radical (unpaired) electrons. The highest BCUT2D eigenvalue weighted by atomic mass is 19.4. The first-order chi connectivity index (χ1) is 7.31. The number of aliphatic carboxylic acids is 1. The van der Waals surface area contributed by atoms with Gasteiger partial charge >= 0.3 is 12.1 Å². The van der Waals surface area contributed by atoms with Crippen LogP contribution in [0.15, 0.2) is 0 Å². The van der Waals surface area contributed by atoms with Crippen molar-refractivity contribution in [2.45, 2.75) is 25.4 Å².